The van der Waals surface area contributed by atoms with E-state index in [1.54, 1.807) is 11.8 Å². The molecule has 0 bridgehead atoms. The van der Waals surface area contributed by atoms with E-state index in [1.165, 1.54) is 0 Å². The molecule has 1 aromatic rings. The van der Waals surface area contributed by atoms with Crippen molar-refractivity contribution in [3.63, 3.8) is 0 Å². The zero-order valence-electron chi connectivity index (χ0n) is 10.5. The highest BCUT2D eigenvalue weighted by Gasteiger charge is 2.42. The van der Waals surface area contributed by atoms with Crippen LogP contribution >= 0.6 is 11.8 Å². The monoisotopic (exact) mass is 266 g/mol. The minimum Gasteiger partial charge on any atom is -0.492 e. The first-order chi connectivity index (χ1) is 8.68. The third-order valence-corrected chi connectivity index (χ3v) is 4.29. The Bertz CT molecular complexity index is 433. The van der Waals surface area contributed by atoms with E-state index >= 15 is 0 Å². The fourth-order valence-electron chi connectivity index (χ4n) is 2.24. The second-order valence-corrected chi connectivity index (χ2v) is 6.00. The SMILES string of the molecule is CCSCCC1(C(=O)O)COc2ccccc2C1. The highest BCUT2D eigenvalue weighted by atomic mass is 32.2. The molecule has 1 aromatic carbocycles. The van der Waals surface area contributed by atoms with E-state index in [9.17, 15) is 9.90 Å². The van der Waals surface area contributed by atoms with E-state index in [-0.39, 0.29) is 6.61 Å². The van der Waals surface area contributed by atoms with Crippen molar-refractivity contribution < 1.29 is 14.6 Å². The first-order valence-electron chi connectivity index (χ1n) is 6.20. The second-order valence-electron chi connectivity index (χ2n) is 4.61. The van der Waals surface area contributed by atoms with Gasteiger partial charge in [0.1, 0.15) is 17.8 Å². The van der Waals surface area contributed by atoms with Gasteiger partial charge in [-0.3, -0.25) is 4.79 Å². The van der Waals surface area contributed by atoms with Crippen molar-refractivity contribution >= 4 is 17.7 Å². The summed E-state index contributed by atoms with van der Waals surface area (Å²) in [6, 6.07) is 7.71. The summed E-state index contributed by atoms with van der Waals surface area (Å²) in [6.07, 6.45) is 1.23. The van der Waals surface area contributed by atoms with Gasteiger partial charge < -0.3 is 9.84 Å². The summed E-state index contributed by atoms with van der Waals surface area (Å²) in [6.45, 7) is 2.37. The quantitative estimate of drug-likeness (QED) is 0.832. The van der Waals surface area contributed by atoms with Crippen LogP contribution in [-0.2, 0) is 11.2 Å². The van der Waals surface area contributed by atoms with Crippen molar-refractivity contribution in [2.45, 2.75) is 19.8 Å². The Balaban J connectivity index is 2.16. The Kier molecular flexibility index (Phi) is 4.17. The van der Waals surface area contributed by atoms with Crippen LogP contribution in [0.1, 0.15) is 18.9 Å². The maximum atomic E-state index is 11.6. The number of carboxylic acid groups (broad SMARTS) is 1. The molecule has 0 aromatic heterocycles. The van der Waals surface area contributed by atoms with Crippen LogP contribution < -0.4 is 4.74 Å². The Morgan fingerprint density at radius 1 is 1.50 bits per heavy atom. The van der Waals surface area contributed by atoms with Crippen molar-refractivity contribution in [1.29, 1.82) is 0 Å². The third kappa shape index (κ3) is 2.64. The van der Waals surface area contributed by atoms with Gasteiger partial charge in [-0.05, 0) is 36.0 Å². The summed E-state index contributed by atoms with van der Waals surface area (Å²) in [5.41, 5.74) is 0.254. The van der Waals surface area contributed by atoms with Crippen molar-refractivity contribution in [2.75, 3.05) is 18.1 Å². The van der Waals surface area contributed by atoms with Gasteiger partial charge in [0.25, 0.3) is 0 Å². The first-order valence-corrected chi connectivity index (χ1v) is 7.35. The number of para-hydroxylation sites is 1. The van der Waals surface area contributed by atoms with E-state index in [0.29, 0.717) is 12.8 Å². The molecule has 1 aliphatic heterocycles. The fourth-order valence-corrected chi connectivity index (χ4v) is 3.06. The van der Waals surface area contributed by atoms with Crippen LogP contribution in [0.3, 0.4) is 0 Å². The summed E-state index contributed by atoms with van der Waals surface area (Å²) >= 11 is 1.78. The lowest BCUT2D eigenvalue weighted by Gasteiger charge is -2.34. The molecule has 0 spiro atoms. The standard InChI is InChI=1S/C14H18O3S/c1-2-18-8-7-14(13(15)16)9-11-5-3-4-6-12(11)17-10-14/h3-6H,2,7-10H2,1H3,(H,15,16). The minimum atomic E-state index is -0.753. The van der Waals surface area contributed by atoms with Gasteiger partial charge in [-0.1, -0.05) is 25.1 Å². The normalized spacial score (nSPS) is 22.1. The van der Waals surface area contributed by atoms with Crippen molar-refractivity contribution in [3.05, 3.63) is 29.8 Å². The molecule has 0 saturated heterocycles. The van der Waals surface area contributed by atoms with Gasteiger partial charge in [0.05, 0.1) is 0 Å². The second kappa shape index (κ2) is 5.65. The summed E-state index contributed by atoms with van der Waals surface area (Å²) in [5, 5.41) is 9.52. The number of carboxylic acids is 1. The summed E-state index contributed by atoms with van der Waals surface area (Å²) in [4.78, 5) is 11.6. The number of ether oxygens (including phenoxy) is 1. The van der Waals surface area contributed by atoms with Crippen molar-refractivity contribution in [2.24, 2.45) is 5.41 Å². The van der Waals surface area contributed by atoms with Crippen LogP contribution in [0.2, 0.25) is 0 Å². The summed E-state index contributed by atoms with van der Waals surface area (Å²) in [5.74, 6) is 1.98. The number of hydrogen-bond acceptors (Lipinski definition) is 3. The zero-order chi connectivity index (χ0) is 13.0. The molecule has 1 heterocycles. The molecule has 1 aliphatic rings. The molecule has 3 nitrogen and oxygen atoms in total. The number of thioether (sulfide) groups is 1. The van der Waals surface area contributed by atoms with Crippen LogP contribution in [0.25, 0.3) is 0 Å². The molecule has 0 aliphatic carbocycles. The maximum Gasteiger partial charge on any atom is 0.313 e. The predicted octanol–water partition coefficient (Wildman–Crippen LogP) is 2.84. The maximum absolute atomic E-state index is 11.6. The third-order valence-electron chi connectivity index (χ3n) is 3.39. The molecule has 0 amide bonds. The molecular weight excluding hydrogens is 248 g/mol. The van der Waals surface area contributed by atoms with Gasteiger partial charge in [-0.2, -0.15) is 11.8 Å². The lowest BCUT2D eigenvalue weighted by Crippen LogP contribution is -2.42. The molecule has 1 N–H and O–H groups in total. The van der Waals surface area contributed by atoms with E-state index in [0.717, 1.165) is 22.8 Å². The highest BCUT2D eigenvalue weighted by Crippen LogP contribution is 2.37. The Hall–Kier alpha value is -1.16. The number of carbonyl (C=O) groups is 1. The van der Waals surface area contributed by atoms with E-state index < -0.39 is 11.4 Å². The molecule has 2 rings (SSSR count). The average Bonchev–Trinajstić information content (AvgIpc) is 2.38. The van der Waals surface area contributed by atoms with Gasteiger partial charge in [-0.25, -0.2) is 0 Å². The van der Waals surface area contributed by atoms with Crippen LogP contribution in [0, 0.1) is 5.41 Å². The van der Waals surface area contributed by atoms with Crippen LogP contribution in [0.15, 0.2) is 24.3 Å². The van der Waals surface area contributed by atoms with E-state index in [1.807, 2.05) is 24.3 Å². The van der Waals surface area contributed by atoms with Gasteiger partial charge >= 0.3 is 5.97 Å². The van der Waals surface area contributed by atoms with Crippen molar-refractivity contribution in [1.82, 2.24) is 0 Å². The molecule has 0 saturated carbocycles. The molecule has 18 heavy (non-hydrogen) atoms. The fraction of sp³-hybridized carbons (Fsp3) is 0.500. The molecule has 1 unspecified atom stereocenters. The Labute approximate surface area is 112 Å². The van der Waals surface area contributed by atoms with Gasteiger partial charge in [0.2, 0.25) is 0 Å². The lowest BCUT2D eigenvalue weighted by atomic mass is 9.78. The smallest absolute Gasteiger partial charge is 0.313 e. The Morgan fingerprint density at radius 2 is 2.28 bits per heavy atom. The van der Waals surface area contributed by atoms with Crippen LogP contribution in [-0.4, -0.2) is 29.2 Å². The number of fused-ring (bicyclic) bond motifs is 1. The molecule has 0 fully saturated rings. The van der Waals surface area contributed by atoms with E-state index in [4.69, 9.17) is 4.74 Å². The number of rotatable bonds is 5. The molecule has 98 valence electrons. The van der Waals surface area contributed by atoms with Gasteiger partial charge in [0, 0.05) is 0 Å². The molecule has 4 heteroatoms. The topological polar surface area (TPSA) is 46.5 Å². The lowest BCUT2D eigenvalue weighted by molar-refractivity contribution is -0.151. The molecule has 0 radical (unpaired) electrons. The zero-order valence-corrected chi connectivity index (χ0v) is 11.3. The predicted molar refractivity (Wildman–Crippen MR) is 73.3 cm³/mol. The number of hydrogen-bond donors (Lipinski definition) is 1. The minimum absolute atomic E-state index is 0.281. The van der Waals surface area contributed by atoms with Gasteiger partial charge in [0.15, 0.2) is 0 Å². The van der Waals surface area contributed by atoms with E-state index in [2.05, 4.69) is 6.92 Å². The molecule has 1 atom stereocenters. The van der Waals surface area contributed by atoms with Crippen LogP contribution in [0.5, 0.6) is 5.75 Å². The number of aliphatic carboxylic acids is 1. The number of benzene rings is 1. The Morgan fingerprint density at radius 3 is 3.00 bits per heavy atom. The first kappa shape index (κ1) is 13.3. The summed E-state index contributed by atoms with van der Waals surface area (Å²) < 4.78 is 5.64. The largest absolute Gasteiger partial charge is 0.492 e. The average molecular weight is 266 g/mol. The molecular formula is C14H18O3S. The summed E-state index contributed by atoms with van der Waals surface area (Å²) in [7, 11) is 0. The van der Waals surface area contributed by atoms with Gasteiger partial charge in [-0.15, -0.1) is 0 Å². The van der Waals surface area contributed by atoms with Crippen molar-refractivity contribution in [3.8, 4) is 5.75 Å². The van der Waals surface area contributed by atoms with Crippen LogP contribution in [0.4, 0.5) is 0 Å². The highest BCUT2D eigenvalue weighted by molar-refractivity contribution is 7.99.